The lowest BCUT2D eigenvalue weighted by atomic mass is 10.2. The van der Waals surface area contributed by atoms with Crippen LogP contribution < -0.4 is 10.1 Å². The van der Waals surface area contributed by atoms with Gasteiger partial charge in [0.1, 0.15) is 16.6 Å². The molecule has 0 saturated carbocycles. The Hall–Kier alpha value is -3.26. The molecular weight excluding hydrogens is 407 g/mol. The summed E-state index contributed by atoms with van der Waals surface area (Å²) in [4.78, 5) is 12.1. The monoisotopic (exact) mass is 421 g/mol. The van der Waals surface area contributed by atoms with Crippen molar-refractivity contribution in [1.82, 2.24) is 9.78 Å². The van der Waals surface area contributed by atoms with Crippen LogP contribution in [0.15, 0.2) is 60.8 Å². The number of ether oxygens (including phenoxy) is 1. The van der Waals surface area contributed by atoms with Gasteiger partial charge in [0.2, 0.25) is 5.91 Å². The van der Waals surface area contributed by atoms with E-state index in [4.69, 9.17) is 11.6 Å². The highest BCUT2D eigenvalue weighted by Gasteiger charge is 2.10. The first-order valence-corrected chi connectivity index (χ1v) is 8.78. The Labute approximate surface area is 169 Å². The standard InChI is InChI=1S/C20H15ClF3N3O2/c21-17-12-27(11-14-2-1-3-15(22)10-14)26-19(17)25-18(28)9-6-13-4-7-16(8-5-13)29-20(23)24/h1-10,12,20H,11H2,(H,25,26,28)/b9-6-. The molecule has 0 spiro atoms. The SMILES string of the molecule is O=C(/C=C\c1ccc(OC(F)F)cc1)Nc1nn(Cc2cccc(F)c2)cc1Cl. The van der Waals surface area contributed by atoms with Crippen molar-refractivity contribution < 1.29 is 22.7 Å². The Balaban J connectivity index is 1.60. The van der Waals surface area contributed by atoms with E-state index in [2.05, 4.69) is 15.2 Å². The molecule has 0 unspecified atom stereocenters. The summed E-state index contributed by atoms with van der Waals surface area (Å²) in [7, 11) is 0. The van der Waals surface area contributed by atoms with E-state index in [0.717, 1.165) is 0 Å². The second-order valence-corrected chi connectivity index (χ2v) is 6.33. The molecule has 3 rings (SSSR count). The summed E-state index contributed by atoms with van der Waals surface area (Å²) < 4.78 is 43.3. The zero-order chi connectivity index (χ0) is 20.8. The maximum atomic E-state index is 13.3. The molecule has 0 bridgehead atoms. The first kappa shape index (κ1) is 20.5. The van der Waals surface area contributed by atoms with Crippen LogP contribution in [0.4, 0.5) is 19.0 Å². The van der Waals surface area contributed by atoms with Crippen molar-refractivity contribution in [2.24, 2.45) is 0 Å². The summed E-state index contributed by atoms with van der Waals surface area (Å²) in [5, 5.41) is 6.96. The highest BCUT2D eigenvalue weighted by Crippen LogP contribution is 2.20. The Morgan fingerprint density at radius 1 is 1.24 bits per heavy atom. The minimum Gasteiger partial charge on any atom is -0.435 e. The summed E-state index contributed by atoms with van der Waals surface area (Å²) >= 11 is 6.09. The third kappa shape index (κ3) is 6.11. The molecule has 1 aromatic heterocycles. The van der Waals surface area contributed by atoms with Gasteiger partial charge in [-0.1, -0.05) is 35.9 Å². The number of amides is 1. The van der Waals surface area contributed by atoms with Gasteiger partial charge in [-0.2, -0.15) is 13.9 Å². The van der Waals surface area contributed by atoms with Crippen molar-refractivity contribution in [1.29, 1.82) is 0 Å². The van der Waals surface area contributed by atoms with Gasteiger partial charge in [0, 0.05) is 12.3 Å². The largest absolute Gasteiger partial charge is 0.435 e. The maximum absolute atomic E-state index is 13.3. The third-order valence-electron chi connectivity index (χ3n) is 3.72. The smallest absolute Gasteiger partial charge is 0.387 e. The normalized spacial score (nSPS) is 11.2. The Morgan fingerprint density at radius 3 is 2.69 bits per heavy atom. The van der Waals surface area contributed by atoms with Crippen molar-refractivity contribution in [3.63, 3.8) is 0 Å². The van der Waals surface area contributed by atoms with Crippen LogP contribution in [0, 0.1) is 5.82 Å². The van der Waals surface area contributed by atoms with Gasteiger partial charge in [-0.15, -0.1) is 0 Å². The van der Waals surface area contributed by atoms with Crippen LogP contribution in [-0.2, 0) is 11.3 Å². The molecule has 5 nitrogen and oxygen atoms in total. The maximum Gasteiger partial charge on any atom is 0.387 e. The van der Waals surface area contributed by atoms with Gasteiger partial charge in [-0.05, 0) is 41.5 Å². The van der Waals surface area contributed by atoms with Crippen molar-refractivity contribution >= 4 is 29.4 Å². The molecule has 29 heavy (non-hydrogen) atoms. The molecule has 0 saturated heterocycles. The summed E-state index contributed by atoms with van der Waals surface area (Å²) in [5.41, 5.74) is 1.31. The molecule has 0 aliphatic carbocycles. The Kier molecular flexibility index (Phi) is 6.56. The number of nitrogens with one attached hydrogen (secondary N) is 1. The number of halogens is 4. The van der Waals surface area contributed by atoms with Gasteiger partial charge in [0.15, 0.2) is 5.82 Å². The molecule has 0 aliphatic heterocycles. The topological polar surface area (TPSA) is 56.1 Å². The second-order valence-electron chi connectivity index (χ2n) is 5.92. The lowest BCUT2D eigenvalue weighted by Crippen LogP contribution is -2.09. The van der Waals surface area contributed by atoms with Crippen molar-refractivity contribution in [2.75, 3.05) is 5.32 Å². The van der Waals surface area contributed by atoms with Gasteiger partial charge in [0.05, 0.1) is 6.54 Å². The number of hydrogen-bond acceptors (Lipinski definition) is 3. The molecule has 0 fully saturated rings. The van der Waals surface area contributed by atoms with Gasteiger partial charge in [0.25, 0.3) is 0 Å². The quantitative estimate of drug-likeness (QED) is 0.547. The summed E-state index contributed by atoms with van der Waals surface area (Å²) in [6, 6.07) is 11.9. The lowest BCUT2D eigenvalue weighted by Gasteiger charge is -2.03. The van der Waals surface area contributed by atoms with Gasteiger partial charge in [-0.3, -0.25) is 9.48 Å². The van der Waals surface area contributed by atoms with Gasteiger partial charge >= 0.3 is 6.61 Å². The minimum absolute atomic E-state index is 0.0252. The molecule has 9 heteroatoms. The molecule has 0 radical (unpaired) electrons. The predicted octanol–water partition coefficient (Wildman–Crippen LogP) is 4.98. The van der Waals surface area contributed by atoms with E-state index in [1.807, 2.05) is 0 Å². The van der Waals surface area contributed by atoms with Crippen LogP contribution in [0.2, 0.25) is 5.02 Å². The average Bonchev–Trinajstić information content (AvgIpc) is 2.99. The van der Waals surface area contributed by atoms with E-state index in [1.165, 1.54) is 59.4 Å². The van der Waals surface area contributed by atoms with Crippen LogP contribution in [0.3, 0.4) is 0 Å². The van der Waals surface area contributed by atoms with Crippen LogP contribution in [0.1, 0.15) is 11.1 Å². The average molecular weight is 422 g/mol. The Bertz CT molecular complexity index is 1020. The number of carbonyl (C=O) groups is 1. The van der Waals surface area contributed by atoms with Crippen LogP contribution in [0.5, 0.6) is 5.75 Å². The number of anilines is 1. The van der Waals surface area contributed by atoms with Crippen molar-refractivity contribution in [3.8, 4) is 5.75 Å². The number of hydrogen-bond donors (Lipinski definition) is 1. The first-order chi connectivity index (χ1) is 13.9. The van der Waals surface area contributed by atoms with E-state index in [1.54, 1.807) is 12.1 Å². The molecule has 1 N–H and O–H groups in total. The molecule has 2 aromatic carbocycles. The number of rotatable bonds is 7. The Morgan fingerprint density at radius 2 is 2.00 bits per heavy atom. The van der Waals surface area contributed by atoms with E-state index >= 15 is 0 Å². The molecule has 1 heterocycles. The van der Waals surface area contributed by atoms with E-state index in [0.29, 0.717) is 11.1 Å². The highest BCUT2D eigenvalue weighted by atomic mass is 35.5. The number of benzene rings is 2. The fourth-order valence-electron chi connectivity index (χ4n) is 2.48. The van der Waals surface area contributed by atoms with Gasteiger partial charge in [-0.25, -0.2) is 4.39 Å². The number of nitrogens with zero attached hydrogens (tertiary/aromatic N) is 2. The molecule has 0 aliphatic rings. The lowest BCUT2D eigenvalue weighted by molar-refractivity contribution is -0.111. The van der Waals surface area contributed by atoms with E-state index < -0.39 is 12.5 Å². The molecular formula is C20H15ClF3N3O2. The third-order valence-corrected chi connectivity index (χ3v) is 4.00. The van der Waals surface area contributed by atoms with Crippen LogP contribution >= 0.6 is 11.6 Å². The predicted molar refractivity (Wildman–Crippen MR) is 103 cm³/mol. The van der Waals surface area contributed by atoms with E-state index in [9.17, 15) is 18.0 Å². The second kappa shape index (κ2) is 9.29. The zero-order valence-electron chi connectivity index (χ0n) is 14.9. The minimum atomic E-state index is -2.90. The van der Waals surface area contributed by atoms with Crippen molar-refractivity contribution in [2.45, 2.75) is 13.2 Å². The van der Waals surface area contributed by atoms with Gasteiger partial charge < -0.3 is 10.1 Å². The summed E-state index contributed by atoms with van der Waals surface area (Å²) in [5.74, 6) is -0.639. The summed E-state index contributed by atoms with van der Waals surface area (Å²) in [6.45, 7) is -2.61. The number of carbonyl (C=O) groups excluding carboxylic acids is 1. The molecule has 150 valence electrons. The van der Waals surface area contributed by atoms with E-state index in [-0.39, 0.29) is 29.0 Å². The molecule has 3 aromatic rings. The number of aromatic nitrogens is 2. The fourth-order valence-corrected chi connectivity index (χ4v) is 2.67. The molecule has 0 atom stereocenters. The molecule has 1 amide bonds. The van der Waals surface area contributed by atoms with Crippen LogP contribution in [-0.4, -0.2) is 22.3 Å². The van der Waals surface area contributed by atoms with Crippen LogP contribution in [0.25, 0.3) is 6.08 Å². The number of alkyl halides is 2. The summed E-state index contributed by atoms with van der Waals surface area (Å²) in [6.07, 6.45) is 4.28. The zero-order valence-corrected chi connectivity index (χ0v) is 15.6. The highest BCUT2D eigenvalue weighted by molar-refractivity contribution is 6.33. The fraction of sp³-hybridized carbons (Fsp3) is 0.100. The van der Waals surface area contributed by atoms with Crippen molar-refractivity contribution in [3.05, 3.63) is 82.8 Å². The first-order valence-electron chi connectivity index (χ1n) is 8.40.